The Hall–Kier alpha value is -2.46. The van der Waals surface area contributed by atoms with Crippen LogP contribution in [0.4, 0.5) is 5.69 Å². The molecule has 1 saturated carbocycles. The van der Waals surface area contributed by atoms with Crippen molar-refractivity contribution >= 4 is 17.4 Å². The van der Waals surface area contributed by atoms with Crippen molar-refractivity contribution in [3.63, 3.8) is 0 Å². The molecule has 176 valence electrons. The molecule has 1 aliphatic carbocycles. The fraction of sp³-hybridized carbons (Fsp3) is 0.517. The second kappa shape index (κ2) is 10.2. The van der Waals surface area contributed by atoms with Gasteiger partial charge in [-0.25, -0.2) is 0 Å². The minimum atomic E-state index is 0.111. The van der Waals surface area contributed by atoms with E-state index in [1.807, 2.05) is 18.2 Å². The predicted molar refractivity (Wildman–Crippen MR) is 135 cm³/mol. The summed E-state index contributed by atoms with van der Waals surface area (Å²) >= 11 is 0. The first kappa shape index (κ1) is 23.7. The molecule has 0 spiro atoms. The summed E-state index contributed by atoms with van der Waals surface area (Å²) in [6, 6.07) is 16.5. The van der Waals surface area contributed by atoms with E-state index in [1.165, 1.54) is 11.1 Å². The number of hydrogen-bond donors (Lipinski definition) is 1. The summed E-state index contributed by atoms with van der Waals surface area (Å²) in [7, 11) is 0. The van der Waals surface area contributed by atoms with Gasteiger partial charge < -0.3 is 10.2 Å². The zero-order chi connectivity index (χ0) is 23.4. The van der Waals surface area contributed by atoms with E-state index in [2.05, 4.69) is 61.3 Å². The molecule has 0 bridgehead atoms. The molecule has 0 aromatic heterocycles. The molecule has 0 radical (unpaired) electrons. The molecule has 33 heavy (non-hydrogen) atoms. The summed E-state index contributed by atoms with van der Waals surface area (Å²) in [5.41, 5.74) is 4.46. The van der Waals surface area contributed by atoms with Gasteiger partial charge in [0, 0.05) is 23.6 Å². The number of Topliss-reactive ketones (excluding diaryl/α,β-unsaturated/α-hetero) is 1. The third kappa shape index (κ3) is 6.54. The molecule has 2 fully saturated rings. The van der Waals surface area contributed by atoms with Crippen LogP contribution in [-0.2, 0) is 10.2 Å². The van der Waals surface area contributed by atoms with Gasteiger partial charge >= 0.3 is 0 Å². The van der Waals surface area contributed by atoms with Crippen molar-refractivity contribution in [2.75, 3.05) is 25.0 Å². The van der Waals surface area contributed by atoms with Crippen LogP contribution in [0, 0.1) is 5.92 Å². The minimum Gasteiger partial charge on any atom is -0.326 e. The number of nitrogens with one attached hydrogen (secondary N) is 1. The number of amides is 1. The number of nitrogens with zero attached hydrogens (tertiary/aromatic N) is 1. The lowest BCUT2D eigenvalue weighted by atomic mass is 9.86. The molecule has 1 amide bonds. The van der Waals surface area contributed by atoms with E-state index in [0.717, 1.165) is 63.0 Å². The highest BCUT2D eigenvalue weighted by molar-refractivity contribution is 5.96. The third-order valence-corrected chi connectivity index (χ3v) is 7.11. The Morgan fingerprint density at radius 2 is 1.67 bits per heavy atom. The van der Waals surface area contributed by atoms with Gasteiger partial charge in [-0.05, 0) is 86.3 Å². The molecule has 4 rings (SSSR count). The highest BCUT2D eigenvalue weighted by atomic mass is 16.2. The van der Waals surface area contributed by atoms with E-state index in [9.17, 15) is 9.59 Å². The molecule has 1 aliphatic heterocycles. The van der Waals surface area contributed by atoms with Crippen LogP contribution in [0.3, 0.4) is 0 Å². The van der Waals surface area contributed by atoms with Crippen LogP contribution in [0.25, 0.3) is 0 Å². The van der Waals surface area contributed by atoms with Crippen molar-refractivity contribution < 1.29 is 9.59 Å². The van der Waals surface area contributed by atoms with Gasteiger partial charge in [-0.2, -0.15) is 0 Å². The molecule has 0 unspecified atom stereocenters. The smallest absolute Gasteiger partial charge is 0.227 e. The number of anilines is 1. The first-order chi connectivity index (χ1) is 15.8. The van der Waals surface area contributed by atoms with Gasteiger partial charge in [-0.3, -0.25) is 9.59 Å². The van der Waals surface area contributed by atoms with Gasteiger partial charge in [0.2, 0.25) is 5.91 Å². The van der Waals surface area contributed by atoms with Crippen LogP contribution in [0.5, 0.6) is 0 Å². The van der Waals surface area contributed by atoms with Crippen molar-refractivity contribution in [3.8, 4) is 0 Å². The van der Waals surface area contributed by atoms with Crippen LogP contribution >= 0.6 is 0 Å². The highest BCUT2D eigenvalue weighted by Gasteiger charge is 2.29. The number of carbonyl (C=O) groups excluding carboxylic acids is 2. The summed E-state index contributed by atoms with van der Waals surface area (Å²) < 4.78 is 0. The van der Waals surface area contributed by atoms with Crippen LogP contribution in [0.2, 0.25) is 0 Å². The van der Waals surface area contributed by atoms with Crippen molar-refractivity contribution in [1.82, 2.24) is 4.90 Å². The second-order valence-corrected chi connectivity index (χ2v) is 10.9. The Kier molecular flexibility index (Phi) is 7.33. The van der Waals surface area contributed by atoms with E-state index < -0.39 is 0 Å². The number of carbonyl (C=O) groups is 2. The maximum Gasteiger partial charge on any atom is 0.227 e. The molecule has 0 atom stereocenters. The van der Waals surface area contributed by atoms with E-state index >= 15 is 0 Å². The number of hydrogen-bond acceptors (Lipinski definition) is 3. The molecule has 1 heterocycles. The van der Waals surface area contributed by atoms with Gasteiger partial charge in [0.25, 0.3) is 0 Å². The molecule has 4 nitrogen and oxygen atoms in total. The molecular formula is C29H38N2O2. The molecule has 2 aromatic carbocycles. The monoisotopic (exact) mass is 446 g/mol. The van der Waals surface area contributed by atoms with Crippen molar-refractivity contribution in [1.29, 1.82) is 0 Å². The average Bonchev–Trinajstić information content (AvgIpc) is 3.65. The van der Waals surface area contributed by atoms with E-state index in [-0.39, 0.29) is 23.0 Å². The predicted octanol–water partition coefficient (Wildman–Crippen LogP) is 6.18. The topological polar surface area (TPSA) is 49.4 Å². The average molecular weight is 447 g/mol. The first-order valence-electron chi connectivity index (χ1n) is 12.6. The molecule has 2 aliphatic rings. The maximum absolute atomic E-state index is 12.6. The fourth-order valence-electron chi connectivity index (χ4n) is 4.71. The Bertz CT molecular complexity index is 962. The summed E-state index contributed by atoms with van der Waals surface area (Å²) in [6.45, 7) is 9.69. The SMILES string of the molecule is CC(C)(C)c1ccc(C(=O)CCCN2CCC(c3cccc(NC(=O)C4CC4)c3)CC2)cc1. The highest BCUT2D eigenvalue weighted by Crippen LogP contribution is 2.32. The zero-order valence-electron chi connectivity index (χ0n) is 20.4. The lowest BCUT2D eigenvalue weighted by molar-refractivity contribution is -0.117. The maximum atomic E-state index is 12.6. The Morgan fingerprint density at radius 3 is 2.30 bits per heavy atom. The largest absolute Gasteiger partial charge is 0.326 e. The van der Waals surface area contributed by atoms with Gasteiger partial charge in [-0.15, -0.1) is 0 Å². The van der Waals surface area contributed by atoms with Gasteiger partial charge in [0.15, 0.2) is 5.78 Å². The minimum absolute atomic E-state index is 0.111. The number of likely N-dealkylation sites (tertiary alicyclic amines) is 1. The third-order valence-electron chi connectivity index (χ3n) is 7.11. The van der Waals surface area contributed by atoms with E-state index in [1.54, 1.807) is 0 Å². The van der Waals surface area contributed by atoms with Crippen LogP contribution in [0.1, 0.15) is 86.7 Å². The van der Waals surface area contributed by atoms with E-state index in [0.29, 0.717) is 12.3 Å². The molecule has 1 saturated heterocycles. The number of ketones is 1. The number of rotatable bonds is 8. The van der Waals surface area contributed by atoms with Crippen molar-refractivity contribution in [2.24, 2.45) is 5.92 Å². The fourth-order valence-corrected chi connectivity index (χ4v) is 4.71. The van der Waals surface area contributed by atoms with Gasteiger partial charge in [0.05, 0.1) is 0 Å². The van der Waals surface area contributed by atoms with Gasteiger partial charge in [0.1, 0.15) is 0 Å². The zero-order valence-corrected chi connectivity index (χ0v) is 20.4. The lowest BCUT2D eigenvalue weighted by Crippen LogP contribution is -2.33. The van der Waals surface area contributed by atoms with Crippen LogP contribution in [0.15, 0.2) is 48.5 Å². The summed E-state index contributed by atoms with van der Waals surface area (Å²) in [5.74, 6) is 1.19. The lowest BCUT2D eigenvalue weighted by Gasteiger charge is -2.32. The van der Waals surface area contributed by atoms with E-state index in [4.69, 9.17) is 0 Å². The Balaban J connectivity index is 1.20. The normalized spacial score (nSPS) is 17.7. The second-order valence-electron chi connectivity index (χ2n) is 10.9. The summed E-state index contributed by atoms with van der Waals surface area (Å²) in [4.78, 5) is 27.1. The molecule has 4 heteroatoms. The number of piperidine rings is 1. The first-order valence-corrected chi connectivity index (χ1v) is 12.6. The van der Waals surface area contributed by atoms with Crippen molar-refractivity contribution in [2.45, 2.75) is 70.6 Å². The molecule has 2 aromatic rings. The summed E-state index contributed by atoms with van der Waals surface area (Å²) in [5, 5.41) is 3.07. The Labute approximate surface area is 198 Å². The molecular weight excluding hydrogens is 408 g/mol. The summed E-state index contributed by atoms with van der Waals surface area (Å²) in [6.07, 6.45) is 5.83. The standard InChI is InChI=1S/C29H38N2O2/c1-29(2,3)25-13-11-22(12-14-25)27(32)8-5-17-31-18-15-21(16-19-31)24-6-4-7-26(20-24)30-28(33)23-9-10-23/h4,6-7,11-14,20-21,23H,5,8-10,15-19H2,1-3H3,(H,30,33). The number of benzene rings is 2. The van der Waals surface area contributed by atoms with Crippen LogP contribution < -0.4 is 5.32 Å². The molecule has 1 N–H and O–H groups in total. The van der Waals surface area contributed by atoms with Crippen molar-refractivity contribution in [3.05, 3.63) is 65.2 Å². The van der Waals surface area contributed by atoms with Crippen LogP contribution in [-0.4, -0.2) is 36.2 Å². The Morgan fingerprint density at radius 1 is 0.970 bits per heavy atom. The quantitative estimate of drug-likeness (QED) is 0.493. The van der Waals surface area contributed by atoms with Gasteiger partial charge in [-0.1, -0.05) is 57.2 Å².